The summed E-state index contributed by atoms with van der Waals surface area (Å²) in [6.45, 7) is 6.58. The Morgan fingerprint density at radius 1 is 1.27 bits per heavy atom. The Labute approximate surface area is 180 Å². The summed E-state index contributed by atoms with van der Waals surface area (Å²) in [6, 6.07) is 8.64. The molecule has 0 unspecified atom stereocenters. The van der Waals surface area contributed by atoms with Gasteiger partial charge in [-0.2, -0.15) is 0 Å². The number of nitrogens with zero attached hydrogens (tertiary/aromatic N) is 2. The number of nitrogens with two attached hydrogens (primary N) is 1. The predicted molar refractivity (Wildman–Crippen MR) is 115 cm³/mol. The smallest absolute Gasteiger partial charge is 0.410 e. The van der Waals surface area contributed by atoms with Gasteiger partial charge < -0.3 is 20.3 Å². The maximum Gasteiger partial charge on any atom is 0.410 e. The summed E-state index contributed by atoms with van der Waals surface area (Å²) in [5.74, 6) is -1.25. The topological polar surface area (TPSA) is 58.8 Å². The summed E-state index contributed by atoms with van der Waals surface area (Å²) in [6.07, 6.45) is 0.289. The lowest BCUT2D eigenvalue weighted by Gasteiger charge is -2.32. The molecule has 0 spiro atoms. The zero-order valence-electron chi connectivity index (χ0n) is 17.3. The van der Waals surface area contributed by atoms with E-state index in [0.717, 1.165) is 11.8 Å². The molecule has 0 aliphatic carbocycles. The van der Waals surface area contributed by atoms with E-state index >= 15 is 0 Å². The number of anilines is 2. The molecule has 1 amide bonds. The SMILES string of the molecule is CC(C)(C)OC(=O)N1CC[C@H](N(Cc2ccc(F)cc2F)c2ccc(N)c(Cl)c2)C1. The minimum absolute atomic E-state index is 0.0957. The van der Waals surface area contributed by atoms with Gasteiger partial charge in [-0.25, -0.2) is 13.6 Å². The first-order chi connectivity index (χ1) is 14.0. The Balaban J connectivity index is 1.86. The molecule has 0 bridgehead atoms. The monoisotopic (exact) mass is 437 g/mol. The van der Waals surface area contributed by atoms with Gasteiger partial charge in [0.15, 0.2) is 0 Å². The van der Waals surface area contributed by atoms with Crippen molar-refractivity contribution in [1.29, 1.82) is 0 Å². The average Bonchev–Trinajstić information content (AvgIpc) is 3.12. The van der Waals surface area contributed by atoms with Gasteiger partial charge in [0, 0.05) is 43.0 Å². The highest BCUT2D eigenvalue weighted by Gasteiger charge is 2.33. The van der Waals surface area contributed by atoms with E-state index in [1.165, 1.54) is 12.1 Å². The van der Waals surface area contributed by atoms with Crippen molar-refractivity contribution in [3.05, 3.63) is 58.6 Å². The summed E-state index contributed by atoms with van der Waals surface area (Å²) in [5.41, 5.74) is 6.78. The molecule has 30 heavy (non-hydrogen) atoms. The van der Waals surface area contributed by atoms with Gasteiger partial charge in [-0.05, 0) is 51.5 Å². The largest absolute Gasteiger partial charge is 0.444 e. The number of hydrogen-bond donors (Lipinski definition) is 1. The number of rotatable bonds is 4. The molecular formula is C22H26ClF2N3O2. The van der Waals surface area contributed by atoms with Crippen LogP contribution in [-0.4, -0.2) is 35.7 Å². The standard InChI is InChI=1S/C22H26ClF2N3O2/c1-22(2,3)30-21(29)27-9-8-17(13-27)28(16-6-7-20(26)18(23)11-16)12-14-4-5-15(24)10-19(14)25/h4-7,10-11,17H,8-9,12-13,26H2,1-3H3/t17-/m0/s1. The van der Waals surface area contributed by atoms with Gasteiger partial charge in [0.2, 0.25) is 0 Å². The quantitative estimate of drug-likeness (QED) is 0.666. The van der Waals surface area contributed by atoms with Gasteiger partial charge in [0.05, 0.1) is 10.7 Å². The van der Waals surface area contributed by atoms with Crippen LogP contribution in [0.1, 0.15) is 32.8 Å². The highest BCUT2D eigenvalue weighted by Crippen LogP contribution is 2.31. The van der Waals surface area contributed by atoms with Crippen molar-refractivity contribution in [1.82, 2.24) is 4.90 Å². The lowest BCUT2D eigenvalue weighted by atomic mass is 10.1. The number of hydrogen-bond acceptors (Lipinski definition) is 4. The number of halogens is 3. The summed E-state index contributed by atoms with van der Waals surface area (Å²) >= 11 is 6.21. The van der Waals surface area contributed by atoms with Gasteiger partial charge in [-0.15, -0.1) is 0 Å². The molecule has 1 saturated heterocycles. The van der Waals surface area contributed by atoms with E-state index in [0.29, 0.717) is 35.8 Å². The fourth-order valence-corrected chi connectivity index (χ4v) is 3.62. The zero-order valence-corrected chi connectivity index (χ0v) is 18.0. The second kappa shape index (κ2) is 8.68. The maximum absolute atomic E-state index is 14.4. The Kier molecular flexibility index (Phi) is 6.41. The molecule has 0 aromatic heterocycles. The third kappa shape index (κ3) is 5.33. The Hall–Kier alpha value is -2.54. The highest BCUT2D eigenvalue weighted by atomic mass is 35.5. The fourth-order valence-electron chi connectivity index (χ4n) is 3.45. The highest BCUT2D eigenvalue weighted by molar-refractivity contribution is 6.33. The third-order valence-electron chi connectivity index (χ3n) is 4.93. The van der Waals surface area contributed by atoms with Crippen LogP contribution in [0.3, 0.4) is 0 Å². The first kappa shape index (κ1) is 22.2. The Morgan fingerprint density at radius 2 is 2.00 bits per heavy atom. The molecule has 2 aromatic carbocycles. The van der Waals surface area contributed by atoms with E-state index in [4.69, 9.17) is 22.1 Å². The van der Waals surface area contributed by atoms with E-state index in [-0.39, 0.29) is 18.7 Å². The fraction of sp³-hybridized carbons (Fsp3) is 0.409. The van der Waals surface area contributed by atoms with Crippen LogP contribution in [0.5, 0.6) is 0 Å². The van der Waals surface area contributed by atoms with Crippen LogP contribution in [0, 0.1) is 11.6 Å². The minimum Gasteiger partial charge on any atom is -0.444 e. The second-order valence-corrected chi connectivity index (χ2v) is 8.85. The third-order valence-corrected chi connectivity index (χ3v) is 5.25. The first-order valence-corrected chi connectivity index (χ1v) is 10.1. The van der Waals surface area contributed by atoms with E-state index in [1.54, 1.807) is 23.1 Å². The molecule has 2 N–H and O–H groups in total. The maximum atomic E-state index is 14.4. The van der Waals surface area contributed by atoms with Crippen LogP contribution in [-0.2, 0) is 11.3 Å². The van der Waals surface area contributed by atoms with Crippen molar-refractivity contribution in [2.24, 2.45) is 0 Å². The van der Waals surface area contributed by atoms with Crippen LogP contribution < -0.4 is 10.6 Å². The van der Waals surface area contributed by atoms with Gasteiger partial charge in [0.1, 0.15) is 17.2 Å². The molecule has 0 saturated carbocycles. The minimum atomic E-state index is -0.629. The van der Waals surface area contributed by atoms with E-state index in [1.807, 2.05) is 25.7 Å². The van der Waals surface area contributed by atoms with E-state index < -0.39 is 17.2 Å². The van der Waals surface area contributed by atoms with Crippen molar-refractivity contribution in [2.45, 2.75) is 45.4 Å². The average molecular weight is 438 g/mol. The van der Waals surface area contributed by atoms with E-state index in [9.17, 15) is 13.6 Å². The molecule has 5 nitrogen and oxygen atoms in total. The Morgan fingerprint density at radius 3 is 2.63 bits per heavy atom. The zero-order chi connectivity index (χ0) is 22.1. The molecule has 1 aliphatic rings. The normalized spacial score (nSPS) is 16.6. The van der Waals surface area contributed by atoms with Crippen LogP contribution >= 0.6 is 11.6 Å². The molecule has 1 aliphatic heterocycles. The molecule has 2 aromatic rings. The summed E-state index contributed by atoms with van der Waals surface area (Å²) < 4.78 is 33.2. The summed E-state index contributed by atoms with van der Waals surface area (Å²) in [5, 5.41) is 0.388. The second-order valence-electron chi connectivity index (χ2n) is 8.44. The van der Waals surface area contributed by atoms with Crippen molar-refractivity contribution >= 4 is 29.1 Å². The predicted octanol–water partition coefficient (Wildman–Crippen LogP) is 5.22. The number of nitrogen functional groups attached to an aromatic ring is 1. The van der Waals surface area contributed by atoms with Gasteiger partial charge in [0.25, 0.3) is 0 Å². The van der Waals surface area contributed by atoms with Crippen molar-refractivity contribution in [2.75, 3.05) is 23.7 Å². The van der Waals surface area contributed by atoms with Crippen molar-refractivity contribution < 1.29 is 18.3 Å². The molecule has 162 valence electrons. The van der Waals surface area contributed by atoms with Crippen LogP contribution in [0.2, 0.25) is 5.02 Å². The number of carbonyl (C=O) groups is 1. The molecule has 3 rings (SSSR count). The lowest BCUT2D eigenvalue weighted by molar-refractivity contribution is 0.0292. The van der Waals surface area contributed by atoms with Crippen LogP contribution in [0.4, 0.5) is 25.0 Å². The lowest BCUT2D eigenvalue weighted by Crippen LogP contribution is -2.40. The number of ether oxygens (including phenoxy) is 1. The Bertz CT molecular complexity index is 933. The molecular weight excluding hydrogens is 412 g/mol. The van der Waals surface area contributed by atoms with E-state index in [2.05, 4.69) is 0 Å². The molecule has 1 heterocycles. The van der Waals surface area contributed by atoms with Gasteiger partial charge in [-0.3, -0.25) is 0 Å². The van der Waals surface area contributed by atoms with Crippen LogP contribution in [0.15, 0.2) is 36.4 Å². The molecule has 1 fully saturated rings. The number of carbonyl (C=O) groups excluding carboxylic acids is 1. The number of benzene rings is 2. The van der Waals surface area contributed by atoms with Crippen LogP contribution in [0.25, 0.3) is 0 Å². The number of likely N-dealkylation sites (tertiary alicyclic amines) is 1. The molecule has 0 radical (unpaired) electrons. The number of amides is 1. The van der Waals surface area contributed by atoms with Crippen molar-refractivity contribution in [3.63, 3.8) is 0 Å². The van der Waals surface area contributed by atoms with Crippen molar-refractivity contribution in [3.8, 4) is 0 Å². The summed E-state index contributed by atoms with van der Waals surface area (Å²) in [7, 11) is 0. The molecule has 8 heteroatoms. The molecule has 1 atom stereocenters. The van der Waals surface area contributed by atoms with Gasteiger partial charge in [-0.1, -0.05) is 17.7 Å². The first-order valence-electron chi connectivity index (χ1n) is 9.77. The summed E-state index contributed by atoms with van der Waals surface area (Å²) in [4.78, 5) is 16.1. The van der Waals surface area contributed by atoms with Gasteiger partial charge >= 0.3 is 6.09 Å².